The van der Waals surface area contributed by atoms with Crippen LogP contribution in [0.3, 0.4) is 0 Å². The van der Waals surface area contributed by atoms with Gasteiger partial charge in [-0.15, -0.1) is 0 Å². The lowest BCUT2D eigenvalue weighted by atomic mass is 10.1. The number of nitrogens with one attached hydrogen (secondary N) is 2. The maximum absolute atomic E-state index is 12.2. The zero-order valence-electron chi connectivity index (χ0n) is 11.8. The molecule has 0 bridgehead atoms. The molecule has 0 aliphatic rings. The highest BCUT2D eigenvalue weighted by Gasteiger charge is 2.22. The third-order valence-electron chi connectivity index (χ3n) is 3.29. The number of aromatic nitrogens is 1. The van der Waals surface area contributed by atoms with Gasteiger partial charge in [-0.2, -0.15) is 0 Å². The van der Waals surface area contributed by atoms with E-state index in [1.807, 2.05) is 26.0 Å². The maximum Gasteiger partial charge on any atom is 0.268 e. The Labute approximate surface area is 112 Å². The number of aryl methyl sites for hydroxylation is 2. The molecule has 0 radical (unpaired) electrons. The van der Waals surface area contributed by atoms with Crippen LogP contribution in [0.5, 0.6) is 0 Å². The monoisotopic (exact) mass is 260 g/mol. The molecule has 4 heteroatoms. The fourth-order valence-corrected chi connectivity index (χ4v) is 2.08. The molecule has 0 saturated carbocycles. The van der Waals surface area contributed by atoms with Crippen LogP contribution < -0.4 is 5.32 Å². The van der Waals surface area contributed by atoms with Gasteiger partial charge in [-0.1, -0.05) is 11.6 Å². The highest BCUT2D eigenvalue weighted by atomic mass is 16.3. The average Bonchev–Trinajstić information content (AvgIpc) is 2.66. The molecule has 3 N–H and O–H groups in total. The third-order valence-corrected chi connectivity index (χ3v) is 3.29. The molecule has 0 fully saturated rings. The number of aliphatic hydroxyl groups excluding tert-OH is 1. The molecule has 19 heavy (non-hydrogen) atoms. The molecule has 0 unspecified atom stereocenters. The lowest BCUT2D eigenvalue weighted by molar-refractivity contribution is 0.0864. The fraction of sp³-hybridized carbons (Fsp3) is 0.400. The number of carbonyl (C=O) groups excluding carboxylic acids is 1. The van der Waals surface area contributed by atoms with Crippen molar-refractivity contribution >= 4 is 16.8 Å². The van der Waals surface area contributed by atoms with E-state index >= 15 is 0 Å². The zero-order chi connectivity index (χ0) is 14.2. The minimum atomic E-state index is -0.628. The Hall–Kier alpha value is -1.81. The Bertz CT molecular complexity index is 626. The van der Waals surface area contributed by atoms with Crippen molar-refractivity contribution in [1.29, 1.82) is 0 Å². The summed E-state index contributed by atoms with van der Waals surface area (Å²) in [6, 6.07) is 6.05. The Morgan fingerprint density at radius 3 is 2.68 bits per heavy atom. The summed E-state index contributed by atoms with van der Waals surface area (Å²) in [5.41, 5.74) is 2.98. The average molecular weight is 260 g/mol. The molecule has 1 aromatic carbocycles. The normalized spacial score (nSPS) is 11.8. The largest absolute Gasteiger partial charge is 0.394 e. The van der Waals surface area contributed by atoms with E-state index in [0.717, 1.165) is 22.0 Å². The molecular weight excluding hydrogens is 240 g/mol. The molecule has 0 aliphatic heterocycles. The van der Waals surface area contributed by atoms with Gasteiger partial charge in [0, 0.05) is 10.9 Å². The van der Waals surface area contributed by atoms with Gasteiger partial charge in [0.25, 0.3) is 5.91 Å². The van der Waals surface area contributed by atoms with Crippen LogP contribution in [0.25, 0.3) is 10.9 Å². The summed E-state index contributed by atoms with van der Waals surface area (Å²) in [5.74, 6) is -0.189. The smallest absolute Gasteiger partial charge is 0.268 e. The van der Waals surface area contributed by atoms with E-state index in [2.05, 4.69) is 16.4 Å². The molecule has 1 amide bonds. The first-order valence-corrected chi connectivity index (χ1v) is 6.36. The number of benzene rings is 1. The quantitative estimate of drug-likeness (QED) is 0.792. The first-order valence-electron chi connectivity index (χ1n) is 6.36. The number of amides is 1. The number of aromatic amines is 1. The molecule has 1 heterocycles. The first-order chi connectivity index (χ1) is 8.84. The first kappa shape index (κ1) is 13.6. The van der Waals surface area contributed by atoms with E-state index in [-0.39, 0.29) is 12.5 Å². The third kappa shape index (κ3) is 2.63. The number of H-pyrrole nitrogens is 1. The minimum Gasteiger partial charge on any atom is -0.394 e. The predicted molar refractivity (Wildman–Crippen MR) is 76.4 cm³/mol. The van der Waals surface area contributed by atoms with Crippen LogP contribution in [0.15, 0.2) is 18.2 Å². The van der Waals surface area contributed by atoms with Crippen LogP contribution in [0.2, 0.25) is 0 Å². The zero-order valence-corrected chi connectivity index (χ0v) is 11.8. The van der Waals surface area contributed by atoms with Gasteiger partial charge in [-0.25, -0.2) is 0 Å². The highest BCUT2D eigenvalue weighted by Crippen LogP contribution is 2.23. The lowest BCUT2D eigenvalue weighted by Crippen LogP contribution is -2.46. The van der Waals surface area contributed by atoms with Crippen LogP contribution in [0, 0.1) is 13.8 Å². The van der Waals surface area contributed by atoms with E-state index in [9.17, 15) is 9.90 Å². The Morgan fingerprint density at radius 1 is 1.37 bits per heavy atom. The summed E-state index contributed by atoms with van der Waals surface area (Å²) in [6.07, 6.45) is 0. The van der Waals surface area contributed by atoms with Crippen molar-refractivity contribution in [3.05, 3.63) is 35.0 Å². The Balaban J connectivity index is 2.40. The second-order valence-electron chi connectivity index (χ2n) is 5.67. The van der Waals surface area contributed by atoms with Gasteiger partial charge in [0.05, 0.1) is 12.1 Å². The summed E-state index contributed by atoms with van der Waals surface area (Å²) in [5, 5.41) is 13.1. The molecule has 0 aliphatic carbocycles. The van der Waals surface area contributed by atoms with Crippen LogP contribution in [0.1, 0.15) is 35.5 Å². The van der Waals surface area contributed by atoms with Crippen molar-refractivity contribution in [3.63, 3.8) is 0 Å². The lowest BCUT2D eigenvalue weighted by Gasteiger charge is -2.23. The van der Waals surface area contributed by atoms with E-state index in [4.69, 9.17) is 0 Å². The van der Waals surface area contributed by atoms with Crippen LogP contribution in [0.4, 0.5) is 0 Å². The van der Waals surface area contributed by atoms with E-state index in [1.165, 1.54) is 0 Å². The van der Waals surface area contributed by atoms with Crippen LogP contribution >= 0.6 is 0 Å². The van der Waals surface area contributed by atoms with E-state index in [0.29, 0.717) is 5.69 Å². The second kappa shape index (κ2) is 4.70. The minimum absolute atomic E-state index is 0.100. The van der Waals surface area contributed by atoms with Crippen molar-refractivity contribution in [1.82, 2.24) is 10.3 Å². The van der Waals surface area contributed by atoms with Crippen LogP contribution in [-0.4, -0.2) is 28.1 Å². The predicted octanol–water partition coefficient (Wildman–Crippen LogP) is 2.29. The van der Waals surface area contributed by atoms with Crippen molar-refractivity contribution in [2.45, 2.75) is 33.2 Å². The number of hydrogen-bond acceptors (Lipinski definition) is 2. The SMILES string of the molecule is Cc1ccc2[nH]c(C(=O)NC(C)(C)CO)c(C)c2c1. The van der Waals surface area contributed by atoms with Crippen LogP contribution in [-0.2, 0) is 0 Å². The molecular formula is C15H20N2O2. The molecule has 2 rings (SSSR count). The summed E-state index contributed by atoms with van der Waals surface area (Å²) in [6.45, 7) is 7.43. The summed E-state index contributed by atoms with van der Waals surface area (Å²) in [7, 11) is 0. The molecule has 1 aromatic heterocycles. The van der Waals surface area contributed by atoms with Gasteiger partial charge in [-0.05, 0) is 45.4 Å². The van der Waals surface area contributed by atoms with Gasteiger partial charge in [0.2, 0.25) is 0 Å². The number of aliphatic hydroxyl groups is 1. The van der Waals surface area contributed by atoms with Crippen molar-refractivity contribution in [3.8, 4) is 0 Å². The van der Waals surface area contributed by atoms with Gasteiger partial charge in [0.15, 0.2) is 0 Å². The summed E-state index contributed by atoms with van der Waals surface area (Å²) in [4.78, 5) is 15.4. The van der Waals surface area contributed by atoms with Crippen molar-refractivity contribution < 1.29 is 9.90 Å². The van der Waals surface area contributed by atoms with Crippen molar-refractivity contribution in [2.24, 2.45) is 0 Å². The fourth-order valence-electron chi connectivity index (χ4n) is 2.08. The van der Waals surface area contributed by atoms with Gasteiger partial charge >= 0.3 is 0 Å². The molecule has 0 spiro atoms. The maximum atomic E-state index is 12.2. The van der Waals surface area contributed by atoms with Gasteiger partial charge in [0.1, 0.15) is 5.69 Å². The molecule has 0 atom stereocenters. The topological polar surface area (TPSA) is 65.1 Å². The molecule has 2 aromatic rings. The van der Waals surface area contributed by atoms with E-state index in [1.54, 1.807) is 13.8 Å². The van der Waals surface area contributed by atoms with Gasteiger partial charge < -0.3 is 15.4 Å². The molecule has 0 saturated heterocycles. The summed E-state index contributed by atoms with van der Waals surface area (Å²) < 4.78 is 0. The molecule has 4 nitrogen and oxygen atoms in total. The van der Waals surface area contributed by atoms with E-state index < -0.39 is 5.54 Å². The van der Waals surface area contributed by atoms with Gasteiger partial charge in [-0.3, -0.25) is 4.79 Å². The number of hydrogen-bond donors (Lipinski definition) is 3. The highest BCUT2D eigenvalue weighted by molar-refractivity contribution is 6.01. The molecule has 102 valence electrons. The number of rotatable bonds is 3. The summed E-state index contributed by atoms with van der Waals surface area (Å²) >= 11 is 0. The number of fused-ring (bicyclic) bond motifs is 1. The standard InChI is InChI=1S/C15H20N2O2/c1-9-5-6-12-11(7-9)10(2)13(16-12)14(19)17-15(3,4)8-18/h5-7,16,18H,8H2,1-4H3,(H,17,19). The number of carbonyl (C=O) groups is 1. The second-order valence-corrected chi connectivity index (χ2v) is 5.67. The van der Waals surface area contributed by atoms with Crippen molar-refractivity contribution in [2.75, 3.05) is 6.61 Å². The Morgan fingerprint density at radius 2 is 2.05 bits per heavy atom. The Kier molecular flexibility index (Phi) is 3.37.